The second kappa shape index (κ2) is 14.7. The van der Waals surface area contributed by atoms with Crippen LogP contribution in [0.15, 0.2) is 11.9 Å². The molecule has 0 aromatic heterocycles. The van der Waals surface area contributed by atoms with E-state index in [-0.39, 0.29) is 5.83 Å². The first-order valence-electron chi connectivity index (χ1n) is 7.96. The van der Waals surface area contributed by atoms with Gasteiger partial charge in [0.1, 0.15) is 0 Å². The van der Waals surface area contributed by atoms with Crippen molar-refractivity contribution in [3.05, 3.63) is 11.9 Å². The van der Waals surface area contributed by atoms with Crippen LogP contribution in [0.3, 0.4) is 0 Å². The van der Waals surface area contributed by atoms with Crippen molar-refractivity contribution in [3.8, 4) is 0 Å². The summed E-state index contributed by atoms with van der Waals surface area (Å²) in [6.07, 6.45) is 9.76. The zero-order valence-corrected chi connectivity index (χ0v) is 13.6. The summed E-state index contributed by atoms with van der Waals surface area (Å²) < 4.78 is 12.9. The molecule has 0 aliphatic heterocycles. The molecule has 0 saturated heterocycles. The summed E-state index contributed by atoms with van der Waals surface area (Å²) in [5, 5.41) is 0. The molecule has 0 aromatic rings. The molecule has 0 amide bonds. The number of halogens is 1. The van der Waals surface area contributed by atoms with Crippen molar-refractivity contribution in [3.63, 3.8) is 0 Å². The van der Waals surface area contributed by atoms with Crippen molar-refractivity contribution in [1.29, 1.82) is 0 Å². The Morgan fingerprint density at radius 2 is 1.83 bits per heavy atom. The van der Waals surface area contributed by atoms with Crippen molar-refractivity contribution in [2.45, 2.75) is 86.5 Å². The van der Waals surface area contributed by atoms with E-state index in [2.05, 4.69) is 27.7 Å². The monoisotopic (exact) mass is 258 g/mol. The van der Waals surface area contributed by atoms with Crippen LogP contribution in [-0.2, 0) is 0 Å². The van der Waals surface area contributed by atoms with Gasteiger partial charge in [-0.3, -0.25) is 0 Å². The second-order valence-corrected chi connectivity index (χ2v) is 5.30. The molecule has 1 rings (SSSR count). The molecule has 18 heavy (non-hydrogen) atoms. The molecule has 110 valence electrons. The lowest BCUT2D eigenvalue weighted by molar-refractivity contribution is 0.415. The average molecular weight is 258 g/mol. The van der Waals surface area contributed by atoms with Crippen molar-refractivity contribution >= 4 is 0 Å². The third-order valence-corrected chi connectivity index (χ3v) is 2.76. The highest BCUT2D eigenvalue weighted by molar-refractivity contribution is 4.99. The largest absolute Gasteiger partial charge is 0.212 e. The summed E-state index contributed by atoms with van der Waals surface area (Å²) in [6, 6.07) is 0. The first-order chi connectivity index (χ1) is 8.60. The van der Waals surface area contributed by atoms with Gasteiger partial charge >= 0.3 is 0 Å². The second-order valence-electron chi connectivity index (χ2n) is 5.30. The van der Waals surface area contributed by atoms with Gasteiger partial charge in [0.05, 0.1) is 5.83 Å². The van der Waals surface area contributed by atoms with Crippen molar-refractivity contribution in [1.82, 2.24) is 0 Å². The van der Waals surface area contributed by atoms with Gasteiger partial charge in [-0.25, -0.2) is 4.39 Å². The number of hydrogen-bond donors (Lipinski definition) is 0. The molecule has 1 heteroatoms. The van der Waals surface area contributed by atoms with Gasteiger partial charge in [-0.1, -0.05) is 60.8 Å². The van der Waals surface area contributed by atoms with Crippen LogP contribution in [0.5, 0.6) is 0 Å². The van der Waals surface area contributed by atoms with Crippen LogP contribution in [0.2, 0.25) is 0 Å². The van der Waals surface area contributed by atoms with E-state index in [4.69, 9.17) is 0 Å². The molecule has 0 heterocycles. The molecular formula is C17H35F. The van der Waals surface area contributed by atoms with Gasteiger partial charge in [-0.2, -0.15) is 0 Å². The molecule has 0 nitrogen and oxygen atoms in total. The van der Waals surface area contributed by atoms with E-state index in [0.29, 0.717) is 12.3 Å². The Labute approximate surface area is 115 Å². The molecule has 0 saturated carbocycles. The maximum absolute atomic E-state index is 12.9. The van der Waals surface area contributed by atoms with Crippen LogP contribution < -0.4 is 0 Å². The summed E-state index contributed by atoms with van der Waals surface area (Å²) >= 11 is 0. The molecule has 1 aliphatic rings. The summed E-state index contributed by atoms with van der Waals surface area (Å²) in [5.74, 6) is 1.45. The SMILES string of the molecule is CC.CC(C)CCCC1C=C(F)CCC1.CCC. The predicted octanol–water partition coefficient (Wildman–Crippen LogP) is 6.91. The van der Waals surface area contributed by atoms with E-state index >= 15 is 0 Å². The first kappa shape index (κ1) is 20.0. The van der Waals surface area contributed by atoms with E-state index in [9.17, 15) is 4.39 Å². The molecule has 1 unspecified atom stereocenters. The van der Waals surface area contributed by atoms with Crippen molar-refractivity contribution < 1.29 is 4.39 Å². The van der Waals surface area contributed by atoms with Gasteiger partial charge in [0.25, 0.3) is 0 Å². The Kier molecular flexibility index (Phi) is 16.4. The first-order valence-corrected chi connectivity index (χ1v) is 7.96. The fraction of sp³-hybridized carbons (Fsp3) is 0.882. The summed E-state index contributed by atoms with van der Waals surface area (Å²) in [7, 11) is 0. The summed E-state index contributed by atoms with van der Waals surface area (Å²) in [5.41, 5.74) is 0. The lowest BCUT2D eigenvalue weighted by Gasteiger charge is -2.17. The Morgan fingerprint density at radius 3 is 2.28 bits per heavy atom. The standard InChI is InChI=1S/C12H21F.C3H8.C2H6/c1-10(2)5-3-6-11-7-4-8-12(13)9-11;1-3-2;1-2/h9-11H,3-8H2,1-2H3;3H2,1-2H3;1-2H3. The van der Waals surface area contributed by atoms with Crippen LogP contribution in [0.1, 0.15) is 86.5 Å². The number of hydrogen-bond acceptors (Lipinski definition) is 0. The highest BCUT2D eigenvalue weighted by Crippen LogP contribution is 2.27. The van der Waals surface area contributed by atoms with E-state index < -0.39 is 0 Å². The summed E-state index contributed by atoms with van der Waals surface area (Å²) in [4.78, 5) is 0. The fourth-order valence-corrected chi connectivity index (χ4v) is 1.97. The van der Waals surface area contributed by atoms with Crippen molar-refractivity contribution in [2.75, 3.05) is 0 Å². The minimum Gasteiger partial charge on any atom is -0.212 e. The van der Waals surface area contributed by atoms with Gasteiger partial charge in [-0.05, 0) is 43.6 Å². The fourth-order valence-electron chi connectivity index (χ4n) is 1.97. The Morgan fingerprint density at radius 1 is 1.28 bits per heavy atom. The molecule has 1 atom stereocenters. The predicted molar refractivity (Wildman–Crippen MR) is 82.5 cm³/mol. The Hall–Kier alpha value is -0.330. The van der Waals surface area contributed by atoms with E-state index in [1.807, 2.05) is 19.9 Å². The lowest BCUT2D eigenvalue weighted by Crippen LogP contribution is -2.03. The minimum absolute atomic E-state index is 0.126. The van der Waals surface area contributed by atoms with Gasteiger partial charge in [0.2, 0.25) is 0 Å². The molecule has 0 spiro atoms. The van der Waals surface area contributed by atoms with Gasteiger partial charge in [-0.15, -0.1) is 0 Å². The van der Waals surface area contributed by atoms with Gasteiger partial charge in [0.15, 0.2) is 0 Å². The molecule has 0 aromatic carbocycles. The molecule has 0 radical (unpaired) electrons. The highest BCUT2D eigenvalue weighted by atomic mass is 19.1. The zero-order valence-electron chi connectivity index (χ0n) is 13.6. The van der Waals surface area contributed by atoms with Crippen LogP contribution >= 0.6 is 0 Å². The third-order valence-electron chi connectivity index (χ3n) is 2.76. The quantitative estimate of drug-likeness (QED) is 0.514. The van der Waals surface area contributed by atoms with Gasteiger partial charge in [0, 0.05) is 0 Å². The zero-order chi connectivity index (χ0) is 14.4. The van der Waals surface area contributed by atoms with Crippen LogP contribution in [0.4, 0.5) is 4.39 Å². The smallest absolute Gasteiger partial charge is 0.0962 e. The maximum atomic E-state index is 12.9. The van der Waals surface area contributed by atoms with E-state index in [1.54, 1.807) is 0 Å². The van der Waals surface area contributed by atoms with Gasteiger partial charge < -0.3 is 0 Å². The van der Waals surface area contributed by atoms with Crippen LogP contribution in [0.25, 0.3) is 0 Å². The average Bonchev–Trinajstić information content (AvgIpc) is 2.32. The number of rotatable bonds is 4. The highest BCUT2D eigenvalue weighted by Gasteiger charge is 2.12. The topological polar surface area (TPSA) is 0 Å². The van der Waals surface area contributed by atoms with Crippen LogP contribution in [0, 0.1) is 11.8 Å². The molecule has 1 aliphatic carbocycles. The Bertz CT molecular complexity index is 182. The molecule has 0 fully saturated rings. The lowest BCUT2D eigenvalue weighted by atomic mass is 9.90. The molecular weight excluding hydrogens is 223 g/mol. The van der Waals surface area contributed by atoms with E-state index in [0.717, 1.165) is 12.3 Å². The normalized spacial score (nSPS) is 18.2. The molecule has 0 bridgehead atoms. The number of allylic oxidation sites excluding steroid dienone is 2. The Balaban J connectivity index is 0. The van der Waals surface area contributed by atoms with E-state index in [1.165, 1.54) is 32.1 Å². The summed E-state index contributed by atoms with van der Waals surface area (Å²) in [6.45, 7) is 12.7. The molecule has 0 N–H and O–H groups in total. The van der Waals surface area contributed by atoms with Crippen LogP contribution in [-0.4, -0.2) is 0 Å². The van der Waals surface area contributed by atoms with Crippen molar-refractivity contribution in [2.24, 2.45) is 11.8 Å². The maximum Gasteiger partial charge on any atom is 0.0962 e. The minimum atomic E-state index is 0.126. The third kappa shape index (κ3) is 13.7.